The molecular formula is C25H20ClF2NO5. The number of hydrogen-bond donors (Lipinski definition) is 1. The minimum atomic E-state index is -1.15. The van der Waals surface area contributed by atoms with E-state index in [0.29, 0.717) is 17.0 Å². The third kappa shape index (κ3) is 5.12. The molecule has 4 rings (SSSR count). The van der Waals surface area contributed by atoms with Crippen LogP contribution in [0.15, 0.2) is 60.7 Å². The number of ether oxygens (including phenoxy) is 2. The maximum atomic E-state index is 14.0. The van der Waals surface area contributed by atoms with E-state index in [1.54, 1.807) is 18.2 Å². The van der Waals surface area contributed by atoms with Crippen LogP contribution in [0.4, 0.5) is 13.6 Å². The SMILES string of the molecule is O=C(O)COc1ccc(Cl)cc1C1c2ccccc2CCN1C(=O)OCc1ccc(F)cc1F. The van der Waals surface area contributed by atoms with E-state index in [4.69, 9.17) is 26.2 Å². The lowest BCUT2D eigenvalue weighted by atomic mass is 9.88. The number of amides is 1. The van der Waals surface area contributed by atoms with Gasteiger partial charge in [-0.25, -0.2) is 18.4 Å². The molecule has 0 fully saturated rings. The zero-order valence-corrected chi connectivity index (χ0v) is 18.6. The second-order valence-electron chi connectivity index (χ2n) is 7.70. The number of benzene rings is 3. The predicted molar refractivity (Wildman–Crippen MR) is 120 cm³/mol. The van der Waals surface area contributed by atoms with Gasteiger partial charge in [-0.3, -0.25) is 4.90 Å². The third-order valence-corrected chi connectivity index (χ3v) is 5.74. The molecule has 1 N–H and O–H groups in total. The highest BCUT2D eigenvalue weighted by Gasteiger charge is 2.35. The number of carbonyl (C=O) groups is 2. The van der Waals surface area contributed by atoms with Gasteiger partial charge in [0.1, 0.15) is 24.0 Å². The highest BCUT2D eigenvalue weighted by atomic mass is 35.5. The Labute approximate surface area is 199 Å². The van der Waals surface area contributed by atoms with Gasteiger partial charge in [-0.2, -0.15) is 0 Å². The first-order chi connectivity index (χ1) is 16.3. The molecule has 3 aromatic rings. The quantitative estimate of drug-likeness (QED) is 0.506. The first-order valence-electron chi connectivity index (χ1n) is 10.4. The summed E-state index contributed by atoms with van der Waals surface area (Å²) < 4.78 is 38.1. The lowest BCUT2D eigenvalue weighted by molar-refractivity contribution is -0.139. The number of carboxylic acid groups (broad SMARTS) is 1. The second-order valence-corrected chi connectivity index (χ2v) is 8.14. The summed E-state index contributed by atoms with van der Waals surface area (Å²) in [6, 6.07) is 14.6. The molecule has 0 aliphatic carbocycles. The average Bonchev–Trinajstić information content (AvgIpc) is 2.81. The van der Waals surface area contributed by atoms with Crippen molar-refractivity contribution in [3.05, 3.63) is 99.6 Å². The van der Waals surface area contributed by atoms with Crippen molar-refractivity contribution in [3.8, 4) is 5.75 Å². The number of rotatable bonds is 6. The summed E-state index contributed by atoms with van der Waals surface area (Å²) in [5, 5.41) is 9.43. The monoisotopic (exact) mass is 487 g/mol. The summed E-state index contributed by atoms with van der Waals surface area (Å²) >= 11 is 6.25. The zero-order chi connectivity index (χ0) is 24.2. The molecule has 0 radical (unpaired) electrons. The maximum absolute atomic E-state index is 14.0. The van der Waals surface area contributed by atoms with Gasteiger partial charge in [0.2, 0.25) is 0 Å². The van der Waals surface area contributed by atoms with Gasteiger partial charge >= 0.3 is 12.1 Å². The van der Waals surface area contributed by atoms with Crippen molar-refractivity contribution in [2.24, 2.45) is 0 Å². The molecule has 1 heterocycles. The van der Waals surface area contributed by atoms with E-state index >= 15 is 0 Å². The molecule has 1 amide bonds. The van der Waals surface area contributed by atoms with E-state index in [9.17, 15) is 18.4 Å². The average molecular weight is 488 g/mol. The van der Waals surface area contributed by atoms with Gasteiger partial charge < -0.3 is 14.6 Å². The molecule has 1 aliphatic heterocycles. The van der Waals surface area contributed by atoms with Crippen LogP contribution in [0.3, 0.4) is 0 Å². The van der Waals surface area contributed by atoms with Crippen LogP contribution in [-0.2, 0) is 22.6 Å². The molecule has 34 heavy (non-hydrogen) atoms. The molecule has 176 valence electrons. The fourth-order valence-corrected chi connectivity index (χ4v) is 4.14. The second kappa shape index (κ2) is 10.1. The topological polar surface area (TPSA) is 76.1 Å². The van der Waals surface area contributed by atoms with Crippen LogP contribution in [0.5, 0.6) is 5.75 Å². The Morgan fingerprint density at radius 2 is 1.85 bits per heavy atom. The van der Waals surface area contributed by atoms with E-state index in [1.807, 2.05) is 24.3 Å². The smallest absolute Gasteiger partial charge is 0.410 e. The van der Waals surface area contributed by atoms with Crippen LogP contribution < -0.4 is 4.74 Å². The van der Waals surface area contributed by atoms with Crippen molar-refractivity contribution in [3.63, 3.8) is 0 Å². The first-order valence-corrected chi connectivity index (χ1v) is 10.8. The van der Waals surface area contributed by atoms with Gasteiger partial charge in [0.25, 0.3) is 0 Å². The molecular weight excluding hydrogens is 468 g/mol. The summed E-state index contributed by atoms with van der Waals surface area (Å²) in [4.78, 5) is 25.7. The van der Waals surface area contributed by atoms with Gasteiger partial charge in [0.15, 0.2) is 6.61 Å². The molecule has 1 unspecified atom stereocenters. The normalized spacial score (nSPS) is 14.9. The fourth-order valence-electron chi connectivity index (χ4n) is 3.96. The van der Waals surface area contributed by atoms with Crippen LogP contribution in [-0.4, -0.2) is 35.2 Å². The summed E-state index contributed by atoms with van der Waals surface area (Å²) in [6.07, 6.45) is -0.161. The van der Waals surface area contributed by atoms with E-state index in [0.717, 1.165) is 23.3 Å². The van der Waals surface area contributed by atoms with Crippen molar-refractivity contribution in [2.75, 3.05) is 13.2 Å². The third-order valence-electron chi connectivity index (χ3n) is 5.50. The Balaban J connectivity index is 1.68. The Bertz CT molecular complexity index is 1240. The largest absolute Gasteiger partial charge is 0.482 e. The Kier molecular flexibility index (Phi) is 6.98. The number of hydrogen-bond acceptors (Lipinski definition) is 4. The van der Waals surface area contributed by atoms with Crippen LogP contribution in [0, 0.1) is 11.6 Å². The van der Waals surface area contributed by atoms with Crippen molar-refractivity contribution >= 4 is 23.7 Å². The summed E-state index contributed by atoms with van der Waals surface area (Å²) in [6.45, 7) is -0.664. The van der Waals surface area contributed by atoms with Gasteiger partial charge in [0.05, 0.1) is 6.04 Å². The van der Waals surface area contributed by atoms with Crippen LogP contribution in [0.1, 0.15) is 28.3 Å². The molecule has 0 saturated heterocycles. The molecule has 0 saturated carbocycles. The number of fused-ring (bicyclic) bond motifs is 1. The van der Waals surface area contributed by atoms with Gasteiger partial charge in [-0.05, 0) is 47.9 Å². The zero-order valence-electron chi connectivity index (χ0n) is 17.8. The number of halogens is 3. The van der Waals surface area contributed by atoms with E-state index < -0.39 is 36.3 Å². The minimum absolute atomic E-state index is 0.0388. The van der Waals surface area contributed by atoms with Crippen LogP contribution in [0.25, 0.3) is 0 Å². The summed E-state index contributed by atoms with van der Waals surface area (Å²) in [5.74, 6) is -2.43. The molecule has 9 heteroatoms. The fraction of sp³-hybridized carbons (Fsp3) is 0.200. The van der Waals surface area contributed by atoms with Crippen molar-refractivity contribution < 1.29 is 33.0 Å². The Morgan fingerprint density at radius 1 is 1.06 bits per heavy atom. The lowest BCUT2D eigenvalue weighted by Crippen LogP contribution is -2.41. The van der Waals surface area contributed by atoms with Gasteiger partial charge in [0, 0.05) is 28.8 Å². The molecule has 0 aromatic heterocycles. The van der Waals surface area contributed by atoms with Crippen molar-refractivity contribution in [1.82, 2.24) is 4.90 Å². The standard InChI is InChI=1S/C25H20ClF2NO5/c26-17-6-8-22(33-14-23(30)31)20(11-17)24-19-4-2-1-3-15(19)9-10-29(24)25(32)34-13-16-5-7-18(27)12-21(16)28/h1-8,11-12,24H,9-10,13-14H2,(H,30,31). The highest BCUT2D eigenvalue weighted by Crippen LogP contribution is 2.40. The number of carboxylic acids is 1. The molecule has 1 atom stereocenters. The maximum Gasteiger partial charge on any atom is 0.410 e. The summed E-state index contributed by atoms with van der Waals surface area (Å²) in [5.41, 5.74) is 2.34. The molecule has 0 bridgehead atoms. The molecule has 1 aliphatic rings. The lowest BCUT2D eigenvalue weighted by Gasteiger charge is -2.37. The number of nitrogens with zero attached hydrogens (tertiary/aromatic N) is 1. The van der Waals surface area contributed by atoms with E-state index in [2.05, 4.69) is 0 Å². The van der Waals surface area contributed by atoms with E-state index in [1.165, 1.54) is 11.0 Å². The first kappa shape index (κ1) is 23.5. The van der Waals surface area contributed by atoms with Crippen LogP contribution >= 0.6 is 11.6 Å². The Hall–Kier alpha value is -3.65. The van der Waals surface area contributed by atoms with Crippen LogP contribution in [0.2, 0.25) is 5.02 Å². The van der Waals surface area contributed by atoms with Crippen molar-refractivity contribution in [1.29, 1.82) is 0 Å². The van der Waals surface area contributed by atoms with Gasteiger partial charge in [-0.15, -0.1) is 0 Å². The number of aliphatic carboxylic acids is 1. The predicted octanol–water partition coefficient (Wildman–Crippen LogP) is 5.37. The number of carbonyl (C=O) groups excluding carboxylic acids is 1. The minimum Gasteiger partial charge on any atom is -0.482 e. The van der Waals surface area contributed by atoms with Crippen molar-refractivity contribution in [2.45, 2.75) is 19.1 Å². The van der Waals surface area contributed by atoms with Gasteiger partial charge in [-0.1, -0.05) is 35.9 Å². The Morgan fingerprint density at radius 3 is 2.62 bits per heavy atom. The molecule has 3 aromatic carbocycles. The molecule has 0 spiro atoms. The highest BCUT2D eigenvalue weighted by molar-refractivity contribution is 6.30. The van der Waals surface area contributed by atoms with E-state index in [-0.39, 0.29) is 24.5 Å². The molecule has 6 nitrogen and oxygen atoms in total. The summed E-state index contributed by atoms with van der Waals surface area (Å²) in [7, 11) is 0.